The molecular weight excluding hydrogens is 272 g/mol. The van der Waals surface area contributed by atoms with Gasteiger partial charge < -0.3 is 9.15 Å². The van der Waals surface area contributed by atoms with E-state index in [0.717, 1.165) is 5.56 Å². The maximum Gasteiger partial charge on any atom is 0.337 e. The molecule has 1 aromatic heterocycles. The number of hydrazone groups is 1. The summed E-state index contributed by atoms with van der Waals surface area (Å²) in [7, 11) is 1.33. The third-order valence-corrected chi connectivity index (χ3v) is 2.55. The number of carbonyl (C=O) groups is 1. The highest BCUT2D eigenvalue weighted by atomic mass is 16.5. The minimum Gasteiger partial charge on any atom is -0.465 e. The van der Waals surface area contributed by atoms with Gasteiger partial charge in [-0.2, -0.15) is 10.4 Å². The van der Waals surface area contributed by atoms with Crippen LogP contribution in [0.5, 0.6) is 0 Å². The number of nitrogens with one attached hydrogen (secondary N) is 1. The number of hydrogen-bond acceptors (Lipinski definition) is 7. The summed E-state index contributed by atoms with van der Waals surface area (Å²) in [6, 6.07) is 8.59. The van der Waals surface area contributed by atoms with E-state index in [-0.39, 0.29) is 11.6 Å². The molecule has 2 rings (SSSR count). The molecule has 0 bridgehead atoms. The van der Waals surface area contributed by atoms with Gasteiger partial charge in [-0.3, -0.25) is 0 Å². The second-order valence-electron chi connectivity index (χ2n) is 4.01. The van der Waals surface area contributed by atoms with Crippen LogP contribution < -0.4 is 5.43 Å². The van der Waals surface area contributed by atoms with Gasteiger partial charge in [0.05, 0.1) is 18.9 Å². The lowest BCUT2D eigenvalue weighted by Gasteiger charge is -1.99. The van der Waals surface area contributed by atoms with E-state index in [0.29, 0.717) is 11.5 Å². The number of methoxy groups -OCH3 is 1. The van der Waals surface area contributed by atoms with Gasteiger partial charge in [0.1, 0.15) is 6.07 Å². The van der Waals surface area contributed by atoms with E-state index in [4.69, 9.17) is 9.68 Å². The summed E-state index contributed by atoms with van der Waals surface area (Å²) in [6.45, 7) is 1.64. The Morgan fingerprint density at radius 3 is 2.81 bits per heavy atom. The highest BCUT2D eigenvalue weighted by molar-refractivity contribution is 5.90. The van der Waals surface area contributed by atoms with Gasteiger partial charge in [0.25, 0.3) is 5.88 Å². The number of nitriles is 1. The number of rotatable bonds is 4. The average molecular weight is 284 g/mol. The first-order valence-corrected chi connectivity index (χ1v) is 5.99. The summed E-state index contributed by atoms with van der Waals surface area (Å²) in [6.07, 6.45) is 1.53. The van der Waals surface area contributed by atoms with Crippen molar-refractivity contribution in [3.63, 3.8) is 0 Å². The molecule has 0 aliphatic rings. The quantitative estimate of drug-likeness (QED) is 0.524. The van der Waals surface area contributed by atoms with Crippen molar-refractivity contribution in [2.24, 2.45) is 5.10 Å². The van der Waals surface area contributed by atoms with Gasteiger partial charge in [-0.25, -0.2) is 15.2 Å². The Kier molecular flexibility index (Phi) is 4.31. The topological polar surface area (TPSA) is 101 Å². The number of ether oxygens (including phenoxy) is 1. The number of benzene rings is 1. The zero-order valence-electron chi connectivity index (χ0n) is 11.5. The minimum absolute atomic E-state index is 0.144. The third kappa shape index (κ3) is 3.45. The largest absolute Gasteiger partial charge is 0.465 e. The molecule has 0 radical (unpaired) electrons. The number of esters is 1. The van der Waals surface area contributed by atoms with Crippen LogP contribution in [0.4, 0.5) is 5.88 Å². The number of aromatic nitrogens is 1. The van der Waals surface area contributed by atoms with E-state index < -0.39 is 5.97 Å². The van der Waals surface area contributed by atoms with E-state index >= 15 is 0 Å². The van der Waals surface area contributed by atoms with Crippen LogP contribution in [-0.2, 0) is 4.74 Å². The zero-order chi connectivity index (χ0) is 15.2. The van der Waals surface area contributed by atoms with Crippen molar-refractivity contribution in [1.29, 1.82) is 5.26 Å². The number of oxazole rings is 1. The van der Waals surface area contributed by atoms with Gasteiger partial charge >= 0.3 is 5.97 Å². The first-order valence-electron chi connectivity index (χ1n) is 5.99. The molecule has 0 fully saturated rings. The Hall–Kier alpha value is -3.14. The van der Waals surface area contributed by atoms with Crippen LogP contribution >= 0.6 is 0 Å². The fourth-order valence-corrected chi connectivity index (χ4v) is 1.57. The molecule has 2 aromatic rings. The maximum absolute atomic E-state index is 11.3. The van der Waals surface area contributed by atoms with Gasteiger partial charge in [0, 0.05) is 6.92 Å². The van der Waals surface area contributed by atoms with Crippen LogP contribution in [0.1, 0.15) is 27.5 Å². The lowest BCUT2D eigenvalue weighted by atomic mass is 10.1. The first-order chi connectivity index (χ1) is 10.1. The molecule has 0 unspecified atom stereocenters. The molecule has 21 heavy (non-hydrogen) atoms. The number of nitrogens with zero attached hydrogens (tertiary/aromatic N) is 3. The molecule has 7 nitrogen and oxygen atoms in total. The van der Waals surface area contributed by atoms with E-state index in [1.807, 2.05) is 6.07 Å². The predicted molar refractivity (Wildman–Crippen MR) is 75.0 cm³/mol. The summed E-state index contributed by atoms with van der Waals surface area (Å²) in [5, 5.41) is 12.8. The molecule has 0 atom stereocenters. The number of hydrogen-bond donors (Lipinski definition) is 1. The van der Waals surface area contributed by atoms with Gasteiger partial charge in [-0.05, 0) is 17.7 Å². The fourth-order valence-electron chi connectivity index (χ4n) is 1.57. The monoisotopic (exact) mass is 284 g/mol. The molecule has 1 N–H and O–H groups in total. The Morgan fingerprint density at radius 2 is 2.19 bits per heavy atom. The van der Waals surface area contributed by atoms with Crippen molar-refractivity contribution < 1.29 is 13.9 Å². The fraction of sp³-hybridized carbons (Fsp3) is 0.143. The van der Waals surface area contributed by atoms with Gasteiger partial charge in [0.15, 0.2) is 5.89 Å². The molecule has 106 valence electrons. The molecule has 7 heteroatoms. The molecule has 0 aliphatic heterocycles. The van der Waals surface area contributed by atoms with E-state index in [1.165, 1.54) is 13.3 Å². The Morgan fingerprint density at radius 1 is 1.48 bits per heavy atom. The maximum atomic E-state index is 11.3. The Balaban J connectivity index is 2.04. The third-order valence-electron chi connectivity index (χ3n) is 2.55. The van der Waals surface area contributed by atoms with Crippen LogP contribution in [0, 0.1) is 18.3 Å². The standard InChI is InChI=1S/C14H12N4O3/c1-9-17-12(7-15)13(21-9)18-16-8-10-3-5-11(6-4-10)14(19)20-2/h3-6,8,18H,1-2H3. The predicted octanol–water partition coefficient (Wildman–Crippen LogP) is 2.09. The molecule has 0 saturated carbocycles. The Bertz CT molecular complexity index is 711. The van der Waals surface area contributed by atoms with Crippen molar-refractivity contribution in [3.8, 4) is 6.07 Å². The van der Waals surface area contributed by atoms with Crippen molar-refractivity contribution in [2.45, 2.75) is 6.92 Å². The zero-order valence-corrected chi connectivity index (χ0v) is 11.5. The summed E-state index contributed by atoms with van der Waals surface area (Å²) in [5.41, 5.74) is 3.98. The average Bonchev–Trinajstić information content (AvgIpc) is 2.87. The van der Waals surface area contributed by atoms with Crippen LogP contribution in [0.2, 0.25) is 0 Å². The smallest absolute Gasteiger partial charge is 0.337 e. The van der Waals surface area contributed by atoms with Crippen molar-refractivity contribution in [1.82, 2.24) is 4.98 Å². The molecule has 0 saturated heterocycles. The van der Waals surface area contributed by atoms with Crippen LogP contribution in [0.15, 0.2) is 33.8 Å². The molecule has 1 heterocycles. The second kappa shape index (κ2) is 6.34. The molecule has 0 amide bonds. The lowest BCUT2D eigenvalue weighted by Crippen LogP contribution is -2.00. The van der Waals surface area contributed by atoms with Crippen LogP contribution in [0.3, 0.4) is 0 Å². The number of aryl methyl sites for hydroxylation is 1. The number of anilines is 1. The Labute approximate surface area is 120 Å². The summed E-state index contributed by atoms with van der Waals surface area (Å²) < 4.78 is 9.80. The highest BCUT2D eigenvalue weighted by Gasteiger charge is 2.08. The summed E-state index contributed by atoms with van der Waals surface area (Å²) >= 11 is 0. The minimum atomic E-state index is -0.396. The van der Waals surface area contributed by atoms with Gasteiger partial charge in [-0.1, -0.05) is 12.1 Å². The second-order valence-corrected chi connectivity index (χ2v) is 4.01. The van der Waals surface area contributed by atoms with E-state index in [2.05, 4.69) is 20.2 Å². The van der Waals surface area contributed by atoms with Crippen LogP contribution in [0.25, 0.3) is 0 Å². The van der Waals surface area contributed by atoms with Crippen LogP contribution in [-0.4, -0.2) is 24.3 Å². The molecule has 1 aromatic carbocycles. The molecule has 0 spiro atoms. The van der Waals surface area contributed by atoms with E-state index in [1.54, 1.807) is 31.2 Å². The van der Waals surface area contributed by atoms with Crippen molar-refractivity contribution >= 4 is 18.1 Å². The van der Waals surface area contributed by atoms with Crippen molar-refractivity contribution in [2.75, 3.05) is 12.5 Å². The SMILES string of the molecule is COC(=O)c1ccc(C=NNc2oc(C)nc2C#N)cc1. The molecule has 0 aliphatic carbocycles. The van der Waals surface area contributed by atoms with E-state index in [9.17, 15) is 4.79 Å². The first kappa shape index (κ1) is 14.3. The summed E-state index contributed by atoms with van der Waals surface area (Å²) in [5.74, 6) is 0.177. The summed E-state index contributed by atoms with van der Waals surface area (Å²) in [4.78, 5) is 15.2. The highest BCUT2D eigenvalue weighted by Crippen LogP contribution is 2.15. The number of carbonyl (C=O) groups excluding carboxylic acids is 1. The lowest BCUT2D eigenvalue weighted by molar-refractivity contribution is 0.0600. The molecular formula is C14H12N4O3. The van der Waals surface area contributed by atoms with Gasteiger partial charge in [0.2, 0.25) is 5.69 Å². The van der Waals surface area contributed by atoms with Crippen molar-refractivity contribution in [3.05, 3.63) is 47.0 Å². The normalized spacial score (nSPS) is 10.3. The van der Waals surface area contributed by atoms with Gasteiger partial charge in [-0.15, -0.1) is 0 Å².